The minimum atomic E-state index is -0.620. The molecule has 122 valence electrons. The van der Waals surface area contributed by atoms with Gasteiger partial charge < -0.3 is 10.6 Å². The van der Waals surface area contributed by atoms with Crippen LogP contribution in [0.3, 0.4) is 0 Å². The zero-order valence-corrected chi connectivity index (χ0v) is 14.2. The predicted octanol–water partition coefficient (Wildman–Crippen LogP) is 1.96. The van der Waals surface area contributed by atoms with Gasteiger partial charge >= 0.3 is 0 Å². The molecule has 1 saturated heterocycles. The third-order valence-electron chi connectivity index (χ3n) is 2.67. The Morgan fingerprint density at radius 2 is 2.09 bits per heavy atom. The Hall–Kier alpha value is -1.77. The van der Waals surface area contributed by atoms with Crippen LogP contribution in [-0.2, 0) is 14.4 Å². The van der Waals surface area contributed by atoms with E-state index in [1.54, 1.807) is 12.1 Å². The van der Waals surface area contributed by atoms with Crippen molar-refractivity contribution >= 4 is 63.5 Å². The highest BCUT2D eigenvalue weighted by Crippen LogP contribution is 2.26. The van der Waals surface area contributed by atoms with Crippen LogP contribution in [-0.4, -0.2) is 28.1 Å². The van der Waals surface area contributed by atoms with Crippen molar-refractivity contribution in [3.8, 4) is 0 Å². The number of benzene rings is 1. The minimum absolute atomic E-state index is 0.0458. The molecular weight excluding hydrogens is 363 g/mol. The summed E-state index contributed by atoms with van der Waals surface area (Å²) in [7, 11) is 0. The van der Waals surface area contributed by atoms with Gasteiger partial charge in [-0.25, -0.2) is 5.43 Å². The summed E-state index contributed by atoms with van der Waals surface area (Å²) < 4.78 is 0. The Kier molecular flexibility index (Phi) is 5.86. The van der Waals surface area contributed by atoms with E-state index in [2.05, 4.69) is 21.2 Å². The lowest BCUT2D eigenvalue weighted by Crippen LogP contribution is -2.28. The van der Waals surface area contributed by atoms with Crippen molar-refractivity contribution in [2.24, 2.45) is 5.10 Å². The number of rotatable bonds is 4. The first-order chi connectivity index (χ1) is 10.8. The van der Waals surface area contributed by atoms with Gasteiger partial charge in [0.2, 0.25) is 17.7 Å². The van der Waals surface area contributed by atoms with Crippen LogP contribution in [0.2, 0.25) is 10.0 Å². The Bertz CT molecular complexity index is 696. The van der Waals surface area contributed by atoms with E-state index in [1.807, 2.05) is 0 Å². The van der Waals surface area contributed by atoms with E-state index >= 15 is 0 Å². The molecule has 0 aliphatic carbocycles. The maximum absolute atomic E-state index is 12.0. The van der Waals surface area contributed by atoms with E-state index in [0.717, 1.165) is 11.8 Å². The van der Waals surface area contributed by atoms with E-state index in [4.69, 9.17) is 23.2 Å². The number of thioether (sulfide) groups is 1. The second kappa shape index (κ2) is 7.67. The van der Waals surface area contributed by atoms with Crippen LogP contribution >= 0.6 is 35.0 Å². The van der Waals surface area contributed by atoms with E-state index in [1.165, 1.54) is 13.0 Å². The van der Waals surface area contributed by atoms with Crippen LogP contribution in [0.1, 0.15) is 13.3 Å². The van der Waals surface area contributed by atoms with Crippen molar-refractivity contribution in [1.29, 1.82) is 0 Å². The molecule has 1 heterocycles. The summed E-state index contributed by atoms with van der Waals surface area (Å²) in [4.78, 5) is 34.5. The number of carbonyl (C=O) groups excluding carboxylic acids is 3. The first-order valence-corrected chi connectivity index (χ1v) is 8.05. The fourth-order valence-electron chi connectivity index (χ4n) is 1.68. The van der Waals surface area contributed by atoms with Crippen molar-refractivity contribution in [3.05, 3.63) is 28.2 Å². The molecule has 0 bridgehead atoms. The van der Waals surface area contributed by atoms with Crippen molar-refractivity contribution in [1.82, 2.24) is 10.7 Å². The van der Waals surface area contributed by atoms with Crippen LogP contribution in [0.25, 0.3) is 0 Å². The molecule has 0 saturated carbocycles. The van der Waals surface area contributed by atoms with Crippen LogP contribution in [0.4, 0.5) is 5.69 Å². The molecule has 1 aliphatic rings. The number of halogens is 2. The van der Waals surface area contributed by atoms with Gasteiger partial charge in [-0.1, -0.05) is 35.0 Å². The Labute approximate surface area is 146 Å². The average molecular weight is 375 g/mol. The molecule has 0 spiro atoms. The highest BCUT2D eigenvalue weighted by Gasteiger charge is 2.32. The lowest BCUT2D eigenvalue weighted by molar-refractivity contribution is -0.122. The number of nitrogens with one attached hydrogen (secondary N) is 3. The van der Waals surface area contributed by atoms with Gasteiger partial charge in [-0.3, -0.25) is 14.4 Å². The molecule has 0 aromatic heterocycles. The highest BCUT2D eigenvalue weighted by atomic mass is 35.5. The molecule has 1 aromatic carbocycles. The highest BCUT2D eigenvalue weighted by molar-refractivity contribution is 8.15. The predicted molar refractivity (Wildman–Crippen MR) is 90.5 cm³/mol. The van der Waals surface area contributed by atoms with Crippen LogP contribution in [0.15, 0.2) is 23.3 Å². The summed E-state index contributed by atoms with van der Waals surface area (Å²) in [5.41, 5.74) is 2.71. The van der Waals surface area contributed by atoms with Gasteiger partial charge in [0.15, 0.2) is 5.17 Å². The fourth-order valence-corrected chi connectivity index (χ4v) is 2.90. The van der Waals surface area contributed by atoms with Gasteiger partial charge in [-0.05, 0) is 18.2 Å². The molecular formula is C13H12Cl2N4O3S. The molecule has 1 aliphatic heterocycles. The number of amides is 3. The van der Waals surface area contributed by atoms with Gasteiger partial charge in [0.05, 0.1) is 10.0 Å². The number of hydrogen-bond acceptors (Lipinski definition) is 5. The number of hydrogen-bond donors (Lipinski definition) is 3. The normalized spacial score (nSPS) is 18.7. The number of hydrazone groups is 1. The van der Waals surface area contributed by atoms with Gasteiger partial charge in [0, 0.05) is 19.0 Å². The molecule has 1 atom stereocenters. The van der Waals surface area contributed by atoms with Crippen LogP contribution in [0, 0.1) is 0 Å². The van der Waals surface area contributed by atoms with Gasteiger partial charge in [-0.15, -0.1) is 5.10 Å². The van der Waals surface area contributed by atoms with Crippen molar-refractivity contribution in [3.63, 3.8) is 0 Å². The molecule has 2 rings (SSSR count). The SMILES string of the molecule is CC(=O)N/N=C1\NC(=O)[C@@H](CC(=O)Nc2ccc(Cl)c(Cl)c2)S1. The molecule has 1 fully saturated rings. The molecule has 10 heteroatoms. The third-order valence-corrected chi connectivity index (χ3v) is 4.49. The van der Waals surface area contributed by atoms with E-state index in [0.29, 0.717) is 15.7 Å². The summed E-state index contributed by atoms with van der Waals surface area (Å²) in [6.07, 6.45) is -0.0458. The summed E-state index contributed by atoms with van der Waals surface area (Å²) >= 11 is 12.7. The lowest BCUT2D eigenvalue weighted by Gasteiger charge is -2.08. The average Bonchev–Trinajstić information content (AvgIpc) is 2.81. The first kappa shape index (κ1) is 17.6. The zero-order chi connectivity index (χ0) is 17.0. The third kappa shape index (κ3) is 5.12. The van der Waals surface area contributed by atoms with Crippen molar-refractivity contribution in [2.75, 3.05) is 5.32 Å². The molecule has 0 radical (unpaired) electrons. The van der Waals surface area contributed by atoms with Crippen molar-refractivity contribution < 1.29 is 14.4 Å². The fraction of sp³-hybridized carbons (Fsp3) is 0.231. The van der Waals surface area contributed by atoms with Crippen LogP contribution in [0.5, 0.6) is 0 Å². The molecule has 23 heavy (non-hydrogen) atoms. The number of carbonyl (C=O) groups is 3. The second-order valence-corrected chi connectivity index (χ2v) is 6.57. The number of anilines is 1. The summed E-state index contributed by atoms with van der Waals surface area (Å²) in [5, 5.41) is 9.18. The second-order valence-electron chi connectivity index (χ2n) is 4.56. The number of nitrogens with zero attached hydrogens (tertiary/aromatic N) is 1. The Balaban J connectivity index is 1.92. The smallest absolute Gasteiger partial charge is 0.240 e. The topological polar surface area (TPSA) is 99.7 Å². The summed E-state index contributed by atoms with van der Waals surface area (Å²) in [5.74, 6) is -1.05. The van der Waals surface area contributed by atoms with E-state index in [9.17, 15) is 14.4 Å². The largest absolute Gasteiger partial charge is 0.326 e. The van der Waals surface area contributed by atoms with Gasteiger partial charge in [0.1, 0.15) is 5.25 Å². The minimum Gasteiger partial charge on any atom is -0.326 e. The molecule has 7 nitrogen and oxygen atoms in total. The van der Waals surface area contributed by atoms with E-state index < -0.39 is 5.25 Å². The standard InChI is InChI=1S/C13H12Cl2N4O3S/c1-6(20)18-19-13-17-12(22)10(23-13)5-11(21)16-7-2-3-8(14)9(15)4-7/h2-4,10H,5H2,1H3,(H,16,21)(H,18,20)(H,17,19,22)/t10-/m1/s1. The monoisotopic (exact) mass is 374 g/mol. The Morgan fingerprint density at radius 3 is 2.74 bits per heavy atom. The molecule has 3 N–H and O–H groups in total. The van der Waals surface area contributed by atoms with Crippen molar-refractivity contribution in [2.45, 2.75) is 18.6 Å². The quantitative estimate of drug-likeness (QED) is 0.701. The van der Waals surface area contributed by atoms with Gasteiger partial charge in [-0.2, -0.15) is 0 Å². The maximum atomic E-state index is 12.0. The maximum Gasteiger partial charge on any atom is 0.240 e. The summed E-state index contributed by atoms with van der Waals surface area (Å²) in [6.45, 7) is 1.30. The lowest BCUT2D eigenvalue weighted by atomic mass is 10.2. The molecule has 0 unspecified atom stereocenters. The summed E-state index contributed by atoms with van der Waals surface area (Å²) in [6, 6.07) is 4.69. The zero-order valence-electron chi connectivity index (χ0n) is 11.9. The number of amidine groups is 1. The van der Waals surface area contributed by atoms with Gasteiger partial charge in [0.25, 0.3) is 0 Å². The van der Waals surface area contributed by atoms with Crippen LogP contribution < -0.4 is 16.1 Å². The van der Waals surface area contributed by atoms with E-state index in [-0.39, 0.29) is 29.3 Å². The molecule has 1 aromatic rings. The first-order valence-electron chi connectivity index (χ1n) is 6.42. The Morgan fingerprint density at radius 1 is 1.35 bits per heavy atom. The molecule has 3 amide bonds.